The van der Waals surface area contributed by atoms with Gasteiger partial charge in [0, 0.05) is 6.04 Å². The Labute approximate surface area is 107 Å². The summed E-state index contributed by atoms with van der Waals surface area (Å²) >= 11 is 0. The van der Waals surface area contributed by atoms with Crippen molar-refractivity contribution in [1.82, 2.24) is 10.2 Å². The molecule has 2 heteroatoms. The van der Waals surface area contributed by atoms with Crippen molar-refractivity contribution in [3.8, 4) is 0 Å². The number of piperidine rings is 1. The summed E-state index contributed by atoms with van der Waals surface area (Å²) in [5.74, 6) is 1.95. The van der Waals surface area contributed by atoms with Gasteiger partial charge < -0.3 is 10.2 Å². The van der Waals surface area contributed by atoms with Gasteiger partial charge in [-0.15, -0.1) is 0 Å². The van der Waals surface area contributed by atoms with Crippen LogP contribution in [0.4, 0.5) is 0 Å². The largest absolute Gasteiger partial charge is 0.314 e. The van der Waals surface area contributed by atoms with Crippen molar-refractivity contribution in [2.45, 2.75) is 57.9 Å². The van der Waals surface area contributed by atoms with E-state index in [4.69, 9.17) is 0 Å². The molecule has 0 amide bonds. The van der Waals surface area contributed by atoms with E-state index >= 15 is 0 Å². The standard InChI is InChI=1S/C15H30N2/c1-13(15-8-11-17(2)12-9-15)16-10-7-14-5-3-4-6-14/h13-16H,3-12H2,1-2H3. The fourth-order valence-corrected chi connectivity index (χ4v) is 3.51. The molecule has 1 heterocycles. The fraction of sp³-hybridized carbons (Fsp3) is 1.00. The van der Waals surface area contributed by atoms with Crippen molar-refractivity contribution >= 4 is 0 Å². The zero-order valence-corrected chi connectivity index (χ0v) is 11.8. The molecule has 1 atom stereocenters. The van der Waals surface area contributed by atoms with Gasteiger partial charge in [-0.1, -0.05) is 25.7 Å². The predicted octanol–water partition coefficient (Wildman–Crippen LogP) is 2.89. The molecule has 2 aliphatic rings. The second-order valence-corrected chi connectivity index (χ2v) is 6.32. The predicted molar refractivity (Wildman–Crippen MR) is 74.3 cm³/mol. The van der Waals surface area contributed by atoms with Gasteiger partial charge in [-0.2, -0.15) is 0 Å². The molecular formula is C15H30N2. The number of nitrogens with zero attached hydrogens (tertiary/aromatic N) is 1. The van der Waals surface area contributed by atoms with Crippen LogP contribution >= 0.6 is 0 Å². The molecule has 0 spiro atoms. The van der Waals surface area contributed by atoms with E-state index in [2.05, 4.69) is 24.2 Å². The number of hydrogen-bond donors (Lipinski definition) is 1. The van der Waals surface area contributed by atoms with Gasteiger partial charge >= 0.3 is 0 Å². The van der Waals surface area contributed by atoms with Crippen LogP contribution in [0.15, 0.2) is 0 Å². The molecule has 0 aromatic rings. The molecule has 0 aromatic carbocycles. The Morgan fingerprint density at radius 1 is 1.12 bits per heavy atom. The smallest absolute Gasteiger partial charge is 0.00679 e. The van der Waals surface area contributed by atoms with E-state index in [0.717, 1.165) is 17.9 Å². The molecule has 1 saturated carbocycles. The Bertz CT molecular complexity index is 203. The highest BCUT2D eigenvalue weighted by molar-refractivity contribution is 4.79. The van der Waals surface area contributed by atoms with Crippen LogP contribution in [-0.2, 0) is 0 Å². The summed E-state index contributed by atoms with van der Waals surface area (Å²) < 4.78 is 0. The maximum absolute atomic E-state index is 3.78. The lowest BCUT2D eigenvalue weighted by atomic mass is 9.90. The monoisotopic (exact) mass is 238 g/mol. The van der Waals surface area contributed by atoms with E-state index in [1.54, 1.807) is 0 Å². The summed E-state index contributed by atoms with van der Waals surface area (Å²) in [5, 5.41) is 3.78. The van der Waals surface area contributed by atoms with Gasteiger partial charge in [0.25, 0.3) is 0 Å². The quantitative estimate of drug-likeness (QED) is 0.792. The molecular weight excluding hydrogens is 208 g/mol. The highest BCUT2D eigenvalue weighted by atomic mass is 15.1. The Kier molecular flexibility index (Phi) is 5.30. The summed E-state index contributed by atoms with van der Waals surface area (Å²) in [4.78, 5) is 2.46. The van der Waals surface area contributed by atoms with E-state index in [-0.39, 0.29) is 0 Å². The highest BCUT2D eigenvalue weighted by Gasteiger charge is 2.22. The molecule has 1 saturated heterocycles. The third-order valence-corrected chi connectivity index (χ3v) is 4.96. The summed E-state index contributed by atoms with van der Waals surface area (Å²) in [7, 11) is 2.24. The zero-order chi connectivity index (χ0) is 12.1. The lowest BCUT2D eigenvalue weighted by Gasteiger charge is -2.33. The molecule has 2 rings (SSSR count). The molecule has 1 N–H and O–H groups in total. The first-order valence-corrected chi connectivity index (χ1v) is 7.67. The van der Waals surface area contributed by atoms with E-state index in [1.807, 2.05) is 0 Å². The molecule has 100 valence electrons. The van der Waals surface area contributed by atoms with Crippen LogP contribution < -0.4 is 5.32 Å². The lowest BCUT2D eigenvalue weighted by Crippen LogP contribution is -2.41. The van der Waals surface area contributed by atoms with Crippen molar-refractivity contribution in [3.63, 3.8) is 0 Å². The minimum absolute atomic E-state index is 0.727. The van der Waals surface area contributed by atoms with Crippen molar-refractivity contribution < 1.29 is 0 Å². The highest BCUT2D eigenvalue weighted by Crippen LogP contribution is 2.27. The number of rotatable bonds is 5. The van der Waals surface area contributed by atoms with E-state index in [1.165, 1.54) is 64.6 Å². The minimum atomic E-state index is 0.727. The Morgan fingerprint density at radius 3 is 2.41 bits per heavy atom. The topological polar surface area (TPSA) is 15.3 Å². The Balaban J connectivity index is 1.58. The maximum Gasteiger partial charge on any atom is 0.00679 e. The summed E-state index contributed by atoms with van der Waals surface area (Å²) in [6.45, 7) is 6.22. The van der Waals surface area contributed by atoms with Gasteiger partial charge in [0.05, 0.1) is 0 Å². The van der Waals surface area contributed by atoms with E-state index in [0.29, 0.717) is 0 Å². The summed E-state index contributed by atoms with van der Waals surface area (Å²) in [6, 6.07) is 0.727. The number of nitrogens with one attached hydrogen (secondary N) is 1. The van der Waals surface area contributed by atoms with Crippen molar-refractivity contribution in [1.29, 1.82) is 0 Å². The summed E-state index contributed by atoms with van der Waals surface area (Å²) in [5.41, 5.74) is 0. The van der Waals surface area contributed by atoms with Crippen LogP contribution in [0.25, 0.3) is 0 Å². The van der Waals surface area contributed by atoms with Gasteiger partial charge in [-0.05, 0) is 64.7 Å². The molecule has 1 unspecified atom stereocenters. The molecule has 0 radical (unpaired) electrons. The molecule has 2 nitrogen and oxygen atoms in total. The van der Waals surface area contributed by atoms with Crippen molar-refractivity contribution in [2.75, 3.05) is 26.7 Å². The molecule has 1 aliphatic heterocycles. The second-order valence-electron chi connectivity index (χ2n) is 6.32. The zero-order valence-electron chi connectivity index (χ0n) is 11.8. The van der Waals surface area contributed by atoms with E-state index in [9.17, 15) is 0 Å². The van der Waals surface area contributed by atoms with Gasteiger partial charge in [-0.25, -0.2) is 0 Å². The first kappa shape index (κ1) is 13.4. The summed E-state index contributed by atoms with van der Waals surface area (Å²) in [6.07, 6.45) is 10.1. The van der Waals surface area contributed by atoms with Gasteiger partial charge in [-0.3, -0.25) is 0 Å². The SMILES string of the molecule is CC(NCCC1CCCC1)C1CCN(C)CC1. The Hall–Kier alpha value is -0.0800. The molecule has 2 fully saturated rings. The average Bonchev–Trinajstić information content (AvgIpc) is 2.83. The lowest BCUT2D eigenvalue weighted by molar-refractivity contribution is 0.189. The number of hydrogen-bond acceptors (Lipinski definition) is 2. The van der Waals surface area contributed by atoms with Crippen LogP contribution in [-0.4, -0.2) is 37.6 Å². The van der Waals surface area contributed by atoms with Crippen LogP contribution in [0.5, 0.6) is 0 Å². The molecule has 1 aliphatic carbocycles. The molecule has 17 heavy (non-hydrogen) atoms. The van der Waals surface area contributed by atoms with E-state index < -0.39 is 0 Å². The van der Waals surface area contributed by atoms with Gasteiger partial charge in [0.2, 0.25) is 0 Å². The van der Waals surface area contributed by atoms with Crippen LogP contribution in [0.1, 0.15) is 51.9 Å². The van der Waals surface area contributed by atoms with Crippen LogP contribution in [0, 0.1) is 11.8 Å². The van der Waals surface area contributed by atoms with Crippen molar-refractivity contribution in [2.24, 2.45) is 11.8 Å². The first-order chi connectivity index (χ1) is 8.25. The van der Waals surface area contributed by atoms with Gasteiger partial charge in [0.15, 0.2) is 0 Å². The third-order valence-electron chi connectivity index (χ3n) is 4.96. The normalized spacial score (nSPS) is 26.5. The second kappa shape index (κ2) is 6.75. The molecule has 0 aromatic heterocycles. The maximum atomic E-state index is 3.78. The molecule has 0 bridgehead atoms. The minimum Gasteiger partial charge on any atom is -0.314 e. The van der Waals surface area contributed by atoms with Crippen LogP contribution in [0.3, 0.4) is 0 Å². The van der Waals surface area contributed by atoms with Gasteiger partial charge in [0.1, 0.15) is 0 Å². The third kappa shape index (κ3) is 4.26. The van der Waals surface area contributed by atoms with Crippen molar-refractivity contribution in [3.05, 3.63) is 0 Å². The fourth-order valence-electron chi connectivity index (χ4n) is 3.51. The first-order valence-electron chi connectivity index (χ1n) is 7.67. The average molecular weight is 238 g/mol. The Morgan fingerprint density at radius 2 is 1.76 bits per heavy atom. The van der Waals surface area contributed by atoms with Crippen LogP contribution in [0.2, 0.25) is 0 Å². The number of likely N-dealkylation sites (tertiary alicyclic amines) is 1.